The van der Waals surface area contributed by atoms with E-state index in [1.165, 1.54) is 88.7 Å². The first-order valence-corrected chi connectivity index (χ1v) is 14.2. The minimum atomic E-state index is -0.828. The van der Waals surface area contributed by atoms with Gasteiger partial charge in [0.1, 0.15) is 0 Å². The number of esters is 1. The summed E-state index contributed by atoms with van der Waals surface area (Å²) in [5.41, 5.74) is 1.21. The van der Waals surface area contributed by atoms with Crippen molar-refractivity contribution in [1.82, 2.24) is 0 Å². The zero-order valence-electron chi connectivity index (χ0n) is 21.2. The molecule has 0 amide bonds. The van der Waals surface area contributed by atoms with Gasteiger partial charge in [0, 0.05) is 6.42 Å². The maximum Gasteiger partial charge on any atom is 0.315 e. The summed E-state index contributed by atoms with van der Waals surface area (Å²) < 4.78 is 4.78. The molecule has 1 rings (SSSR count). The second kappa shape index (κ2) is 18.3. The predicted octanol–water partition coefficient (Wildman–Crippen LogP) is 6.77. The van der Waals surface area contributed by atoms with Crippen LogP contribution in [0, 0.1) is 11.8 Å². The maximum absolute atomic E-state index is 11.7. The van der Waals surface area contributed by atoms with E-state index in [2.05, 4.69) is 13.0 Å². The van der Waals surface area contributed by atoms with E-state index in [4.69, 9.17) is 9.84 Å². The molecule has 1 aliphatic rings. The normalized spacial score (nSPS) is 22.9. The summed E-state index contributed by atoms with van der Waals surface area (Å²) in [5, 5.41) is 20.0. The molecule has 0 aromatic heterocycles. The molecule has 4 unspecified atom stereocenters. The van der Waals surface area contributed by atoms with Crippen LogP contribution in [0.5, 0.6) is 0 Å². The molecule has 0 saturated heterocycles. The Kier molecular flexibility index (Phi) is 16.7. The summed E-state index contributed by atoms with van der Waals surface area (Å²) in [6, 6.07) is 0. The largest absolute Gasteiger partial charge is 0.481 e. The number of unbranched alkanes of at least 4 members (excludes halogenated alkanes) is 11. The average molecular weight is 485 g/mol. The van der Waals surface area contributed by atoms with Crippen LogP contribution in [0.1, 0.15) is 110 Å². The first kappa shape index (κ1) is 30.0. The van der Waals surface area contributed by atoms with Crippen molar-refractivity contribution in [2.45, 2.75) is 122 Å². The summed E-state index contributed by atoms with van der Waals surface area (Å²) in [4.78, 5) is 22.8. The Labute approximate surface area is 206 Å². The molecule has 0 bridgehead atoms. The first-order chi connectivity index (χ1) is 15.9. The third kappa shape index (κ3) is 12.9. The summed E-state index contributed by atoms with van der Waals surface area (Å²) in [7, 11) is 1.38. The first-order valence-electron chi connectivity index (χ1n) is 13.2. The number of hydrogen-bond donors (Lipinski definition) is 2. The molecule has 0 spiro atoms. The Morgan fingerprint density at radius 1 is 1.06 bits per heavy atom. The van der Waals surface area contributed by atoms with E-state index in [0.717, 1.165) is 25.7 Å². The zero-order valence-corrected chi connectivity index (χ0v) is 22.0. The van der Waals surface area contributed by atoms with Crippen molar-refractivity contribution in [3.63, 3.8) is 0 Å². The molecule has 1 aliphatic carbocycles. The predicted molar refractivity (Wildman–Crippen MR) is 138 cm³/mol. The van der Waals surface area contributed by atoms with Crippen molar-refractivity contribution in [1.29, 1.82) is 0 Å². The number of allylic oxidation sites excluding steroid dienone is 1. The number of carboxylic acids is 1. The summed E-state index contributed by atoms with van der Waals surface area (Å²) >= 11 is 1.43. The van der Waals surface area contributed by atoms with Gasteiger partial charge in [-0.2, -0.15) is 0 Å². The van der Waals surface area contributed by atoms with Crippen molar-refractivity contribution in [3.8, 4) is 0 Å². The quantitative estimate of drug-likeness (QED) is 0.127. The van der Waals surface area contributed by atoms with Crippen LogP contribution in [0.15, 0.2) is 11.6 Å². The van der Waals surface area contributed by atoms with Crippen LogP contribution >= 0.6 is 11.8 Å². The highest BCUT2D eigenvalue weighted by Gasteiger charge is 2.38. The van der Waals surface area contributed by atoms with Crippen LogP contribution in [0.2, 0.25) is 0 Å². The number of ether oxygens (including phenoxy) is 1. The summed E-state index contributed by atoms with van der Waals surface area (Å²) in [5.74, 6) is -1.07. The molecule has 5 nitrogen and oxygen atoms in total. The topological polar surface area (TPSA) is 83.8 Å². The van der Waals surface area contributed by atoms with E-state index >= 15 is 0 Å². The molecule has 1 fully saturated rings. The van der Waals surface area contributed by atoms with Gasteiger partial charge in [-0.3, -0.25) is 9.59 Å². The van der Waals surface area contributed by atoms with E-state index in [1.807, 2.05) is 6.92 Å². The van der Waals surface area contributed by atoms with Gasteiger partial charge in [0.2, 0.25) is 0 Å². The number of aliphatic hydroxyl groups is 1. The number of rotatable bonds is 18. The van der Waals surface area contributed by atoms with Gasteiger partial charge in [-0.25, -0.2) is 0 Å². The molecular formula is C27H48O5S. The second-order valence-electron chi connectivity index (χ2n) is 9.68. The van der Waals surface area contributed by atoms with Gasteiger partial charge in [-0.1, -0.05) is 89.7 Å². The molecule has 0 aliphatic heterocycles. The van der Waals surface area contributed by atoms with Gasteiger partial charge in [0.25, 0.3) is 0 Å². The summed E-state index contributed by atoms with van der Waals surface area (Å²) in [6.07, 6.45) is 18.9. The van der Waals surface area contributed by atoms with Crippen LogP contribution in [-0.2, 0) is 14.3 Å². The fourth-order valence-corrected chi connectivity index (χ4v) is 6.14. The Balaban J connectivity index is 2.43. The molecule has 2 N–H and O–H groups in total. The van der Waals surface area contributed by atoms with Crippen molar-refractivity contribution in [2.75, 3.05) is 12.9 Å². The van der Waals surface area contributed by atoms with E-state index in [1.54, 1.807) is 0 Å². The Morgan fingerprint density at radius 2 is 1.64 bits per heavy atom. The van der Waals surface area contributed by atoms with E-state index < -0.39 is 12.1 Å². The third-order valence-corrected chi connectivity index (χ3v) is 8.27. The number of methoxy groups -OCH3 is 1. The van der Waals surface area contributed by atoms with E-state index in [-0.39, 0.29) is 35.2 Å². The lowest BCUT2D eigenvalue weighted by molar-refractivity contribution is -0.139. The average Bonchev–Trinajstić information content (AvgIpc) is 2.78. The van der Waals surface area contributed by atoms with Crippen LogP contribution in [-0.4, -0.2) is 46.4 Å². The van der Waals surface area contributed by atoms with E-state index in [0.29, 0.717) is 0 Å². The Bertz CT molecular complexity index is 577. The van der Waals surface area contributed by atoms with Gasteiger partial charge in [-0.15, -0.1) is 11.8 Å². The third-order valence-electron chi connectivity index (χ3n) is 6.93. The number of carboxylic acid groups (broad SMARTS) is 1. The molecule has 6 heteroatoms. The van der Waals surface area contributed by atoms with Crippen molar-refractivity contribution in [3.05, 3.63) is 11.6 Å². The zero-order chi connectivity index (χ0) is 24.5. The highest BCUT2D eigenvalue weighted by atomic mass is 32.2. The molecule has 33 heavy (non-hydrogen) atoms. The van der Waals surface area contributed by atoms with Gasteiger partial charge in [-0.05, 0) is 37.5 Å². The lowest BCUT2D eigenvalue weighted by atomic mass is 9.75. The minimum Gasteiger partial charge on any atom is -0.481 e. The Hall–Kier alpha value is -1.01. The van der Waals surface area contributed by atoms with Gasteiger partial charge in [0.15, 0.2) is 0 Å². The summed E-state index contributed by atoms with van der Waals surface area (Å²) in [6.45, 7) is 4.16. The van der Waals surface area contributed by atoms with Crippen LogP contribution in [0.25, 0.3) is 0 Å². The lowest BCUT2D eigenvalue weighted by Gasteiger charge is -2.39. The van der Waals surface area contributed by atoms with Crippen molar-refractivity contribution in [2.24, 2.45) is 11.8 Å². The smallest absolute Gasteiger partial charge is 0.315 e. The molecule has 0 heterocycles. The molecule has 4 atom stereocenters. The number of aliphatic hydroxyl groups excluding tert-OH is 1. The number of thioether (sulfide) groups is 1. The van der Waals surface area contributed by atoms with Crippen molar-refractivity contribution < 1.29 is 24.5 Å². The lowest BCUT2D eigenvalue weighted by Crippen LogP contribution is -2.41. The minimum absolute atomic E-state index is 0.0598. The Morgan fingerprint density at radius 3 is 2.18 bits per heavy atom. The fourth-order valence-electron chi connectivity index (χ4n) is 4.87. The van der Waals surface area contributed by atoms with Gasteiger partial charge < -0.3 is 14.9 Å². The van der Waals surface area contributed by atoms with Crippen molar-refractivity contribution >= 4 is 23.7 Å². The highest BCUT2D eigenvalue weighted by molar-refractivity contribution is 8.00. The number of carbonyl (C=O) groups excluding carboxylic acids is 1. The highest BCUT2D eigenvalue weighted by Crippen LogP contribution is 2.41. The van der Waals surface area contributed by atoms with Gasteiger partial charge in [0.05, 0.1) is 24.2 Å². The number of carbonyl (C=O) groups is 2. The van der Waals surface area contributed by atoms with Crippen LogP contribution in [0.4, 0.5) is 0 Å². The van der Waals surface area contributed by atoms with E-state index in [9.17, 15) is 14.7 Å². The number of aliphatic carboxylic acids is 1. The molecule has 192 valence electrons. The van der Waals surface area contributed by atoms with Crippen LogP contribution < -0.4 is 0 Å². The molecule has 0 radical (unpaired) electrons. The number of hydrogen-bond acceptors (Lipinski definition) is 5. The second-order valence-corrected chi connectivity index (χ2v) is 10.8. The molecule has 1 saturated carbocycles. The van der Waals surface area contributed by atoms with Crippen LogP contribution in [0.3, 0.4) is 0 Å². The standard InChI is InChI=1S/C27H48O5S/c1-4-5-6-7-8-9-10-11-12-13-14-15-16-22-17-18-23(21(2)19-24(28)29)26(31)27(22)33-20-25(30)32-3/h16,21,23,26-27,31H,4-15,17-20H2,1-3H3,(H,28,29). The van der Waals surface area contributed by atoms with Gasteiger partial charge >= 0.3 is 11.9 Å². The maximum atomic E-state index is 11.7. The molecular weight excluding hydrogens is 436 g/mol. The fraction of sp³-hybridized carbons (Fsp3) is 0.852. The monoisotopic (exact) mass is 484 g/mol. The molecule has 0 aromatic carbocycles. The SMILES string of the molecule is CCCCCCCCCCCCCC=C1CCC(C(C)CC(=O)O)C(O)C1SCC(=O)OC. The molecule has 0 aromatic rings.